The van der Waals surface area contributed by atoms with Crippen LogP contribution < -0.4 is 5.73 Å². The molecule has 1 aromatic heterocycles. The molecule has 0 saturated heterocycles. The van der Waals surface area contributed by atoms with E-state index < -0.39 is 5.82 Å². The van der Waals surface area contributed by atoms with E-state index in [0.717, 1.165) is 5.69 Å². The minimum Gasteiger partial charge on any atom is -0.323 e. The van der Waals surface area contributed by atoms with Gasteiger partial charge in [-0.15, -0.1) is 5.10 Å². The van der Waals surface area contributed by atoms with Crippen LogP contribution in [-0.2, 0) is 0 Å². The van der Waals surface area contributed by atoms with Gasteiger partial charge in [0.15, 0.2) is 0 Å². The van der Waals surface area contributed by atoms with Crippen molar-refractivity contribution in [2.45, 2.75) is 19.9 Å². The second-order valence-corrected chi connectivity index (χ2v) is 4.29. The lowest BCUT2D eigenvalue weighted by Crippen LogP contribution is -2.08. The van der Waals surface area contributed by atoms with Crippen molar-refractivity contribution in [3.05, 3.63) is 40.4 Å². The van der Waals surface area contributed by atoms with Crippen LogP contribution in [0.2, 0.25) is 5.02 Å². The molecule has 90 valence electrons. The van der Waals surface area contributed by atoms with Gasteiger partial charge in [0.1, 0.15) is 17.2 Å². The summed E-state index contributed by atoms with van der Waals surface area (Å²) in [6.45, 7) is 3.60. The third-order valence-electron chi connectivity index (χ3n) is 2.50. The molecular formula is C11H12ClFN4. The number of rotatable bonds is 2. The SMILES string of the molecule is Cc1c(C(C)N)nnn1-c1ccc(Cl)cc1F. The Kier molecular flexibility index (Phi) is 3.13. The van der Waals surface area contributed by atoms with E-state index in [9.17, 15) is 4.39 Å². The number of hydrogen-bond donors (Lipinski definition) is 1. The normalized spacial score (nSPS) is 12.8. The van der Waals surface area contributed by atoms with Gasteiger partial charge in [0.25, 0.3) is 0 Å². The molecule has 0 fully saturated rings. The summed E-state index contributed by atoms with van der Waals surface area (Å²) in [5.74, 6) is -0.443. The summed E-state index contributed by atoms with van der Waals surface area (Å²) in [4.78, 5) is 0. The van der Waals surface area contributed by atoms with Crippen LogP contribution in [0.15, 0.2) is 18.2 Å². The molecule has 0 aliphatic carbocycles. The summed E-state index contributed by atoms with van der Waals surface area (Å²) in [6, 6.07) is 4.17. The summed E-state index contributed by atoms with van der Waals surface area (Å²) in [5.41, 5.74) is 7.42. The van der Waals surface area contributed by atoms with Crippen LogP contribution in [0.1, 0.15) is 24.4 Å². The number of hydrogen-bond acceptors (Lipinski definition) is 3. The maximum Gasteiger partial charge on any atom is 0.150 e. The predicted octanol–water partition coefficient (Wildman–Crippen LogP) is 2.39. The van der Waals surface area contributed by atoms with Crippen molar-refractivity contribution in [2.24, 2.45) is 5.73 Å². The lowest BCUT2D eigenvalue weighted by molar-refractivity contribution is 0.605. The Morgan fingerprint density at radius 2 is 2.18 bits per heavy atom. The molecule has 0 radical (unpaired) electrons. The number of nitrogens with two attached hydrogens (primary N) is 1. The summed E-state index contributed by atoms with van der Waals surface area (Å²) < 4.78 is 15.1. The Morgan fingerprint density at radius 1 is 1.47 bits per heavy atom. The molecule has 0 spiro atoms. The zero-order valence-corrected chi connectivity index (χ0v) is 10.2. The molecule has 1 unspecified atom stereocenters. The van der Waals surface area contributed by atoms with Gasteiger partial charge in [0, 0.05) is 11.1 Å². The van der Waals surface area contributed by atoms with E-state index in [4.69, 9.17) is 17.3 Å². The predicted molar refractivity (Wildman–Crippen MR) is 63.7 cm³/mol. The minimum atomic E-state index is -0.443. The smallest absolute Gasteiger partial charge is 0.150 e. The van der Waals surface area contributed by atoms with Crippen LogP contribution in [0.4, 0.5) is 4.39 Å². The van der Waals surface area contributed by atoms with Crippen molar-refractivity contribution in [1.82, 2.24) is 15.0 Å². The summed E-state index contributed by atoms with van der Waals surface area (Å²) >= 11 is 5.69. The van der Waals surface area contributed by atoms with E-state index in [2.05, 4.69) is 10.3 Å². The van der Waals surface area contributed by atoms with E-state index in [1.54, 1.807) is 26.0 Å². The molecule has 4 nitrogen and oxygen atoms in total. The highest BCUT2D eigenvalue weighted by Gasteiger charge is 2.15. The van der Waals surface area contributed by atoms with Crippen LogP contribution in [0, 0.1) is 12.7 Å². The van der Waals surface area contributed by atoms with Crippen LogP contribution in [0.25, 0.3) is 5.69 Å². The number of halogens is 2. The van der Waals surface area contributed by atoms with Gasteiger partial charge in [-0.05, 0) is 32.0 Å². The molecule has 17 heavy (non-hydrogen) atoms. The lowest BCUT2D eigenvalue weighted by atomic mass is 10.2. The molecule has 2 N–H and O–H groups in total. The highest BCUT2D eigenvalue weighted by atomic mass is 35.5. The molecule has 6 heteroatoms. The third kappa shape index (κ3) is 2.16. The first-order chi connectivity index (χ1) is 8.00. The van der Waals surface area contributed by atoms with Crippen LogP contribution in [0.3, 0.4) is 0 Å². The molecule has 1 aromatic carbocycles. The highest BCUT2D eigenvalue weighted by Crippen LogP contribution is 2.21. The minimum absolute atomic E-state index is 0.237. The average Bonchev–Trinajstić information content (AvgIpc) is 2.60. The summed E-state index contributed by atoms with van der Waals surface area (Å²) in [7, 11) is 0. The van der Waals surface area contributed by atoms with Crippen molar-refractivity contribution < 1.29 is 4.39 Å². The monoisotopic (exact) mass is 254 g/mol. The Morgan fingerprint density at radius 3 is 2.71 bits per heavy atom. The molecule has 0 saturated carbocycles. The Labute approximate surface area is 103 Å². The highest BCUT2D eigenvalue weighted by molar-refractivity contribution is 6.30. The number of benzene rings is 1. The van der Waals surface area contributed by atoms with E-state index in [0.29, 0.717) is 16.4 Å². The molecule has 0 amide bonds. The zero-order valence-electron chi connectivity index (χ0n) is 9.48. The molecular weight excluding hydrogens is 243 g/mol. The van der Waals surface area contributed by atoms with Crippen LogP contribution in [-0.4, -0.2) is 15.0 Å². The number of aromatic nitrogens is 3. The van der Waals surface area contributed by atoms with E-state index in [1.165, 1.54) is 10.7 Å². The van der Waals surface area contributed by atoms with Crippen molar-refractivity contribution in [2.75, 3.05) is 0 Å². The van der Waals surface area contributed by atoms with Crippen molar-refractivity contribution >= 4 is 11.6 Å². The maximum atomic E-state index is 13.7. The second kappa shape index (κ2) is 4.43. The van der Waals surface area contributed by atoms with Gasteiger partial charge < -0.3 is 5.73 Å². The first-order valence-corrected chi connectivity index (χ1v) is 5.51. The van der Waals surface area contributed by atoms with Gasteiger partial charge in [0.2, 0.25) is 0 Å². The second-order valence-electron chi connectivity index (χ2n) is 3.86. The molecule has 2 aromatic rings. The van der Waals surface area contributed by atoms with Gasteiger partial charge in [-0.25, -0.2) is 9.07 Å². The fraction of sp³-hybridized carbons (Fsp3) is 0.273. The summed E-state index contributed by atoms with van der Waals surface area (Å²) in [6.07, 6.45) is 0. The largest absolute Gasteiger partial charge is 0.323 e. The first-order valence-electron chi connectivity index (χ1n) is 5.14. The first kappa shape index (κ1) is 12.0. The lowest BCUT2D eigenvalue weighted by Gasteiger charge is -2.06. The van der Waals surface area contributed by atoms with E-state index in [-0.39, 0.29) is 6.04 Å². The molecule has 0 bridgehead atoms. The quantitative estimate of drug-likeness (QED) is 0.895. The van der Waals surface area contributed by atoms with Crippen molar-refractivity contribution in [3.8, 4) is 5.69 Å². The van der Waals surface area contributed by atoms with Gasteiger partial charge in [-0.2, -0.15) is 0 Å². The topological polar surface area (TPSA) is 56.7 Å². The van der Waals surface area contributed by atoms with E-state index in [1.807, 2.05) is 0 Å². The standard InChI is InChI=1S/C11H12ClFN4/c1-6(14)11-7(2)17(16-15-11)10-4-3-8(12)5-9(10)13/h3-6H,14H2,1-2H3. The maximum absolute atomic E-state index is 13.7. The Bertz CT molecular complexity index is 550. The van der Waals surface area contributed by atoms with Crippen molar-refractivity contribution in [1.29, 1.82) is 0 Å². The molecule has 0 aliphatic heterocycles. The molecule has 0 aliphatic rings. The Balaban J connectivity index is 2.54. The summed E-state index contributed by atoms with van der Waals surface area (Å²) in [5, 5.41) is 8.19. The third-order valence-corrected chi connectivity index (χ3v) is 2.73. The fourth-order valence-electron chi connectivity index (χ4n) is 1.64. The van der Waals surface area contributed by atoms with Gasteiger partial charge in [0.05, 0.1) is 5.69 Å². The van der Waals surface area contributed by atoms with Gasteiger partial charge >= 0.3 is 0 Å². The average molecular weight is 255 g/mol. The molecule has 2 rings (SSSR count). The zero-order chi connectivity index (χ0) is 12.6. The van der Waals surface area contributed by atoms with Crippen LogP contribution >= 0.6 is 11.6 Å². The fourth-order valence-corrected chi connectivity index (χ4v) is 1.80. The molecule has 1 heterocycles. The van der Waals surface area contributed by atoms with Gasteiger partial charge in [-0.1, -0.05) is 16.8 Å². The van der Waals surface area contributed by atoms with Crippen molar-refractivity contribution in [3.63, 3.8) is 0 Å². The Hall–Kier alpha value is -1.46. The van der Waals surface area contributed by atoms with Crippen LogP contribution in [0.5, 0.6) is 0 Å². The molecule has 1 atom stereocenters. The van der Waals surface area contributed by atoms with Gasteiger partial charge in [-0.3, -0.25) is 0 Å². The van der Waals surface area contributed by atoms with E-state index >= 15 is 0 Å². The number of nitrogens with zero attached hydrogens (tertiary/aromatic N) is 3.